The van der Waals surface area contributed by atoms with Crippen molar-refractivity contribution in [2.75, 3.05) is 13.1 Å². The fourth-order valence-corrected chi connectivity index (χ4v) is 3.48. The first-order chi connectivity index (χ1) is 13.1. The Labute approximate surface area is 157 Å². The molecule has 1 aliphatic heterocycles. The standard InChI is InChI=1S/C22H21FN2O2/c1-15(27-18-8-6-17(23)7-9-18)22(26)25-12-10-16(11-13-25)20-14-24-21-5-3-2-4-19(20)21/h2-10,14-15,24H,11-13H2,1H3/t15-/m1/s1. The number of H-pyrrole nitrogens is 1. The van der Waals surface area contributed by atoms with Gasteiger partial charge in [-0.2, -0.15) is 0 Å². The van der Waals surface area contributed by atoms with Crippen molar-refractivity contribution in [2.45, 2.75) is 19.4 Å². The van der Waals surface area contributed by atoms with Gasteiger partial charge in [0.25, 0.3) is 5.91 Å². The number of halogens is 1. The van der Waals surface area contributed by atoms with Gasteiger partial charge in [0.05, 0.1) is 0 Å². The average molecular weight is 364 g/mol. The van der Waals surface area contributed by atoms with Crippen molar-refractivity contribution in [3.63, 3.8) is 0 Å². The summed E-state index contributed by atoms with van der Waals surface area (Å²) in [6.07, 6.45) is 4.34. The number of nitrogens with one attached hydrogen (secondary N) is 1. The Balaban J connectivity index is 1.43. The maximum absolute atomic E-state index is 13.0. The molecule has 27 heavy (non-hydrogen) atoms. The van der Waals surface area contributed by atoms with E-state index in [1.54, 1.807) is 11.8 Å². The largest absolute Gasteiger partial charge is 0.481 e. The Morgan fingerprint density at radius 2 is 1.96 bits per heavy atom. The SMILES string of the molecule is C[C@@H](Oc1ccc(F)cc1)C(=O)N1CC=C(c2c[nH]c3ccccc23)CC1. The third-order valence-electron chi connectivity index (χ3n) is 4.93. The van der Waals surface area contributed by atoms with Crippen LogP contribution >= 0.6 is 0 Å². The number of carbonyl (C=O) groups is 1. The van der Waals surface area contributed by atoms with Crippen LogP contribution in [0.15, 0.2) is 60.8 Å². The first-order valence-corrected chi connectivity index (χ1v) is 9.08. The van der Waals surface area contributed by atoms with Gasteiger partial charge >= 0.3 is 0 Å². The number of rotatable bonds is 4. The Hall–Kier alpha value is -3.08. The summed E-state index contributed by atoms with van der Waals surface area (Å²) in [5.74, 6) is 0.102. The summed E-state index contributed by atoms with van der Waals surface area (Å²) in [4.78, 5) is 17.8. The molecule has 0 bridgehead atoms. The molecule has 1 amide bonds. The van der Waals surface area contributed by atoms with Crippen LogP contribution in [0.5, 0.6) is 5.75 Å². The maximum Gasteiger partial charge on any atom is 0.263 e. The molecule has 1 aromatic heterocycles. The maximum atomic E-state index is 13.0. The van der Waals surface area contributed by atoms with E-state index in [9.17, 15) is 9.18 Å². The second kappa shape index (κ2) is 7.27. The molecule has 0 aliphatic carbocycles. The molecule has 0 saturated carbocycles. The molecule has 0 fully saturated rings. The van der Waals surface area contributed by atoms with Crippen molar-refractivity contribution in [1.82, 2.24) is 9.88 Å². The van der Waals surface area contributed by atoms with E-state index in [0.29, 0.717) is 18.8 Å². The number of nitrogens with zero attached hydrogens (tertiary/aromatic N) is 1. The molecule has 0 unspecified atom stereocenters. The Kier molecular flexibility index (Phi) is 4.67. The molecule has 0 spiro atoms. The number of aromatic amines is 1. The van der Waals surface area contributed by atoms with E-state index < -0.39 is 6.10 Å². The van der Waals surface area contributed by atoms with Crippen molar-refractivity contribution in [1.29, 1.82) is 0 Å². The minimum atomic E-state index is -0.613. The van der Waals surface area contributed by atoms with Crippen molar-refractivity contribution < 1.29 is 13.9 Å². The number of hydrogen-bond acceptors (Lipinski definition) is 2. The lowest BCUT2D eigenvalue weighted by Crippen LogP contribution is -2.42. The highest BCUT2D eigenvalue weighted by molar-refractivity contribution is 5.93. The van der Waals surface area contributed by atoms with Crippen LogP contribution in [0.1, 0.15) is 18.9 Å². The van der Waals surface area contributed by atoms with Crippen LogP contribution in [-0.4, -0.2) is 35.0 Å². The van der Waals surface area contributed by atoms with E-state index >= 15 is 0 Å². The van der Waals surface area contributed by atoms with E-state index in [2.05, 4.69) is 23.2 Å². The predicted molar refractivity (Wildman–Crippen MR) is 104 cm³/mol. The molecular weight excluding hydrogens is 343 g/mol. The number of hydrogen-bond donors (Lipinski definition) is 1. The number of benzene rings is 2. The van der Waals surface area contributed by atoms with E-state index in [-0.39, 0.29) is 11.7 Å². The van der Waals surface area contributed by atoms with E-state index in [4.69, 9.17) is 4.74 Å². The summed E-state index contributed by atoms with van der Waals surface area (Å²) in [7, 11) is 0. The lowest BCUT2D eigenvalue weighted by atomic mass is 9.99. The number of fused-ring (bicyclic) bond motifs is 1. The first kappa shape index (κ1) is 17.3. The number of aromatic nitrogens is 1. The quantitative estimate of drug-likeness (QED) is 0.746. The summed E-state index contributed by atoms with van der Waals surface area (Å²) in [6.45, 7) is 2.94. The van der Waals surface area contributed by atoms with Gasteiger partial charge in [-0.15, -0.1) is 0 Å². The number of amides is 1. The zero-order valence-corrected chi connectivity index (χ0v) is 15.1. The third-order valence-corrected chi connectivity index (χ3v) is 4.93. The van der Waals surface area contributed by atoms with Crippen molar-refractivity contribution in [2.24, 2.45) is 0 Å². The highest BCUT2D eigenvalue weighted by Crippen LogP contribution is 2.29. The van der Waals surface area contributed by atoms with E-state index in [1.807, 2.05) is 18.3 Å². The van der Waals surface area contributed by atoms with E-state index in [1.165, 1.54) is 40.8 Å². The Morgan fingerprint density at radius 1 is 1.19 bits per heavy atom. The summed E-state index contributed by atoms with van der Waals surface area (Å²) in [5.41, 5.74) is 3.57. The summed E-state index contributed by atoms with van der Waals surface area (Å²) in [5, 5.41) is 1.21. The molecule has 5 heteroatoms. The predicted octanol–water partition coefficient (Wildman–Crippen LogP) is 4.39. The first-order valence-electron chi connectivity index (χ1n) is 9.08. The Bertz CT molecular complexity index is 991. The average Bonchev–Trinajstić information content (AvgIpc) is 3.13. The van der Waals surface area contributed by atoms with Crippen LogP contribution in [0.4, 0.5) is 4.39 Å². The molecule has 0 radical (unpaired) electrons. The van der Waals surface area contributed by atoms with Crippen LogP contribution in [0.3, 0.4) is 0 Å². The molecule has 4 rings (SSSR count). The van der Waals surface area contributed by atoms with Gasteiger partial charge in [0.1, 0.15) is 11.6 Å². The molecule has 138 valence electrons. The highest BCUT2D eigenvalue weighted by atomic mass is 19.1. The lowest BCUT2D eigenvalue weighted by molar-refractivity contribution is -0.137. The normalized spacial score (nSPS) is 15.5. The van der Waals surface area contributed by atoms with Gasteiger partial charge in [0, 0.05) is 35.8 Å². The number of para-hydroxylation sites is 1. The summed E-state index contributed by atoms with van der Waals surface area (Å²) < 4.78 is 18.6. The molecule has 4 nitrogen and oxygen atoms in total. The van der Waals surface area contributed by atoms with Gasteiger partial charge in [-0.1, -0.05) is 24.3 Å². The molecule has 1 aliphatic rings. The van der Waals surface area contributed by atoms with Gasteiger partial charge in [0.15, 0.2) is 6.10 Å². The highest BCUT2D eigenvalue weighted by Gasteiger charge is 2.24. The fourth-order valence-electron chi connectivity index (χ4n) is 3.48. The number of ether oxygens (including phenoxy) is 1. The molecular formula is C22H21FN2O2. The molecule has 2 aromatic carbocycles. The van der Waals surface area contributed by atoms with Crippen LogP contribution in [0.2, 0.25) is 0 Å². The monoisotopic (exact) mass is 364 g/mol. The summed E-state index contributed by atoms with van der Waals surface area (Å²) >= 11 is 0. The van der Waals surface area contributed by atoms with Gasteiger partial charge < -0.3 is 14.6 Å². The van der Waals surface area contributed by atoms with Crippen molar-refractivity contribution >= 4 is 22.4 Å². The van der Waals surface area contributed by atoms with Crippen molar-refractivity contribution in [3.05, 3.63) is 72.2 Å². The summed E-state index contributed by atoms with van der Waals surface area (Å²) in [6, 6.07) is 13.9. The van der Waals surface area contributed by atoms with Gasteiger partial charge in [0.2, 0.25) is 0 Å². The lowest BCUT2D eigenvalue weighted by Gasteiger charge is -2.29. The minimum absolute atomic E-state index is 0.0615. The van der Waals surface area contributed by atoms with Crippen LogP contribution in [0, 0.1) is 5.82 Å². The molecule has 1 atom stereocenters. The molecule has 0 saturated heterocycles. The zero-order chi connectivity index (χ0) is 18.8. The second-order valence-corrected chi connectivity index (χ2v) is 6.73. The van der Waals surface area contributed by atoms with Crippen LogP contribution in [-0.2, 0) is 4.79 Å². The second-order valence-electron chi connectivity index (χ2n) is 6.73. The Morgan fingerprint density at radius 3 is 2.70 bits per heavy atom. The minimum Gasteiger partial charge on any atom is -0.481 e. The van der Waals surface area contributed by atoms with Crippen LogP contribution in [0.25, 0.3) is 16.5 Å². The fraction of sp³-hybridized carbons (Fsp3) is 0.227. The topological polar surface area (TPSA) is 45.3 Å². The number of carbonyl (C=O) groups excluding carboxylic acids is 1. The molecule has 3 aromatic rings. The van der Waals surface area contributed by atoms with E-state index in [0.717, 1.165) is 11.9 Å². The van der Waals surface area contributed by atoms with Gasteiger partial charge in [-0.05, 0) is 49.2 Å². The van der Waals surface area contributed by atoms with Gasteiger partial charge in [-0.3, -0.25) is 4.79 Å². The van der Waals surface area contributed by atoms with Gasteiger partial charge in [-0.25, -0.2) is 4.39 Å². The molecule has 1 N–H and O–H groups in total. The third kappa shape index (κ3) is 3.58. The zero-order valence-electron chi connectivity index (χ0n) is 15.1. The smallest absolute Gasteiger partial charge is 0.263 e. The van der Waals surface area contributed by atoms with Crippen LogP contribution < -0.4 is 4.74 Å². The molecule has 2 heterocycles. The van der Waals surface area contributed by atoms with Crippen molar-refractivity contribution in [3.8, 4) is 5.75 Å².